The number of alkyl halides is 3. The normalized spacial score (nSPS) is 11.2. The van der Waals surface area contributed by atoms with Gasteiger partial charge >= 0.3 is 6.18 Å². The Morgan fingerprint density at radius 1 is 0.966 bits per heavy atom. The molecule has 8 heteroatoms. The van der Waals surface area contributed by atoms with E-state index in [0.29, 0.717) is 22.6 Å². The number of nitrogens with one attached hydrogen (secondary N) is 2. The summed E-state index contributed by atoms with van der Waals surface area (Å²) >= 11 is 0. The van der Waals surface area contributed by atoms with E-state index in [1.165, 1.54) is 24.3 Å². The number of aryl methyl sites for hydroxylation is 2. The van der Waals surface area contributed by atoms with E-state index >= 15 is 0 Å². The number of hydrogen-bond acceptors (Lipinski definition) is 3. The zero-order chi connectivity index (χ0) is 21.2. The van der Waals surface area contributed by atoms with E-state index in [1.807, 2.05) is 0 Å². The number of pyridine rings is 1. The topological polar surface area (TPSA) is 54.0 Å². The maximum Gasteiger partial charge on any atom is 0.416 e. The van der Waals surface area contributed by atoms with E-state index in [4.69, 9.17) is 0 Å². The maximum absolute atomic E-state index is 13.3. The van der Waals surface area contributed by atoms with Gasteiger partial charge < -0.3 is 10.6 Å². The first-order valence-electron chi connectivity index (χ1n) is 8.62. The first-order chi connectivity index (χ1) is 13.6. The molecule has 1 heterocycles. The molecule has 1 aromatic heterocycles. The van der Waals surface area contributed by atoms with Gasteiger partial charge in [0.05, 0.1) is 28.2 Å². The number of carbonyl (C=O) groups is 1. The lowest BCUT2D eigenvalue weighted by Crippen LogP contribution is -2.17. The number of benzene rings is 2. The van der Waals surface area contributed by atoms with Crippen molar-refractivity contribution in [2.24, 2.45) is 0 Å². The Morgan fingerprint density at radius 3 is 2.34 bits per heavy atom. The molecule has 0 spiro atoms. The quantitative estimate of drug-likeness (QED) is 0.537. The van der Waals surface area contributed by atoms with Crippen LogP contribution in [-0.4, -0.2) is 10.9 Å². The molecular formula is C21H17F4N3O. The Labute approximate surface area is 164 Å². The Hall–Kier alpha value is -3.42. The van der Waals surface area contributed by atoms with E-state index in [-0.39, 0.29) is 11.3 Å². The molecule has 3 aromatic rings. The van der Waals surface area contributed by atoms with Gasteiger partial charge in [-0.05, 0) is 67.9 Å². The standard InChI is InChI=1S/C21H17F4N3O/c1-12-10-15(22)6-8-17(12)27-19-7-5-14(21(23,24)25)11-16(19)20(29)28-18-4-3-9-26-13(18)2/h3-11,27H,1-2H3,(H,28,29). The molecule has 150 valence electrons. The van der Waals surface area contributed by atoms with Crippen LogP contribution in [0.4, 0.5) is 34.6 Å². The summed E-state index contributed by atoms with van der Waals surface area (Å²) in [6.45, 7) is 3.32. The van der Waals surface area contributed by atoms with Gasteiger partial charge in [-0.3, -0.25) is 9.78 Å². The van der Waals surface area contributed by atoms with Crippen LogP contribution in [0.15, 0.2) is 54.7 Å². The predicted octanol–water partition coefficient (Wildman–Crippen LogP) is 5.85. The molecule has 0 atom stereocenters. The van der Waals surface area contributed by atoms with Crippen LogP contribution in [0.3, 0.4) is 0 Å². The third-order valence-electron chi connectivity index (χ3n) is 4.30. The minimum Gasteiger partial charge on any atom is -0.355 e. The molecule has 0 fully saturated rings. The molecule has 0 saturated heterocycles. The van der Waals surface area contributed by atoms with Crippen molar-refractivity contribution >= 4 is 23.0 Å². The molecule has 0 unspecified atom stereocenters. The number of halogens is 4. The number of aromatic nitrogens is 1. The molecule has 0 saturated carbocycles. The lowest BCUT2D eigenvalue weighted by Gasteiger charge is -2.17. The number of carbonyl (C=O) groups excluding carboxylic acids is 1. The van der Waals surface area contributed by atoms with Crippen molar-refractivity contribution < 1.29 is 22.4 Å². The van der Waals surface area contributed by atoms with E-state index < -0.39 is 23.5 Å². The van der Waals surface area contributed by atoms with Gasteiger partial charge in [0.2, 0.25) is 0 Å². The first kappa shape index (κ1) is 20.3. The van der Waals surface area contributed by atoms with Gasteiger partial charge in [0.15, 0.2) is 0 Å². The monoisotopic (exact) mass is 403 g/mol. The zero-order valence-electron chi connectivity index (χ0n) is 15.6. The average molecular weight is 403 g/mol. The Balaban J connectivity index is 2.01. The Kier molecular flexibility index (Phi) is 5.54. The van der Waals surface area contributed by atoms with Crippen LogP contribution < -0.4 is 10.6 Å². The SMILES string of the molecule is Cc1cc(F)ccc1Nc1ccc(C(F)(F)F)cc1C(=O)Nc1cccnc1C. The summed E-state index contributed by atoms with van der Waals surface area (Å²) in [6, 6.07) is 10.0. The summed E-state index contributed by atoms with van der Waals surface area (Å²) in [7, 11) is 0. The highest BCUT2D eigenvalue weighted by Gasteiger charge is 2.32. The molecule has 3 rings (SSSR count). The third-order valence-corrected chi connectivity index (χ3v) is 4.30. The number of anilines is 3. The van der Waals surface area contributed by atoms with Gasteiger partial charge in [-0.25, -0.2) is 4.39 Å². The Bertz CT molecular complexity index is 1060. The number of amides is 1. The van der Waals surface area contributed by atoms with Crippen LogP contribution in [0, 0.1) is 19.7 Å². The second-order valence-corrected chi connectivity index (χ2v) is 6.43. The van der Waals surface area contributed by atoms with Crippen molar-refractivity contribution in [3.8, 4) is 0 Å². The summed E-state index contributed by atoms with van der Waals surface area (Å²) in [6.07, 6.45) is -3.07. The molecule has 0 aliphatic carbocycles. The van der Waals surface area contributed by atoms with E-state index in [9.17, 15) is 22.4 Å². The summed E-state index contributed by atoms with van der Waals surface area (Å²) in [4.78, 5) is 16.8. The number of nitrogens with zero attached hydrogens (tertiary/aromatic N) is 1. The van der Waals surface area contributed by atoms with Gasteiger partial charge in [-0.15, -0.1) is 0 Å². The van der Waals surface area contributed by atoms with Gasteiger partial charge in [-0.1, -0.05) is 0 Å². The van der Waals surface area contributed by atoms with Gasteiger partial charge in [-0.2, -0.15) is 13.2 Å². The minimum absolute atomic E-state index is 0.159. The highest BCUT2D eigenvalue weighted by Crippen LogP contribution is 2.33. The van der Waals surface area contributed by atoms with E-state index in [1.54, 1.807) is 32.2 Å². The summed E-state index contributed by atoms with van der Waals surface area (Å²) in [5.74, 6) is -1.17. The Morgan fingerprint density at radius 2 is 1.69 bits per heavy atom. The van der Waals surface area contributed by atoms with Crippen LogP contribution in [0.1, 0.15) is 27.2 Å². The van der Waals surface area contributed by atoms with Crippen molar-refractivity contribution in [3.63, 3.8) is 0 Å². The zero-order valence-corrected chi connectivity index (χ0v) is 15.6. The highest BCUT2D eigenvalue weighted by atomic mass is 19.4. The molecule has 4 nitrogen and oxygen atoms in total. The third kappa shape index (κ3) is 4.71. The summed E-state index contributed by atoms with van der Waals surface area (Å²) < 4.78 is 52.9. The molecule has 2 aromatic carbocycles. The molecular weight excluding hydrogens is 386 g/mol. The predicted molar refractivity (Wildman–Crippen MR) is 103 cm³/mol. The van der Waals surface area contributed by atoms with E-state index in [2.05, 4.69) is 15.6 Å². The fraction of sp³-hybridized carbons (Fsp3) is 0.143. The average Bonchev–Trinajstić information content (AvgIpc) is 2.65. The summed E-state index contributed by atoms with van der Waals surface area (Å²) in [5.41, 5.74) is 0.929. The van der Waals surface area contributed by atoms with Crippen molar-refractivity contribution in [1.29, 1.82) is 0 Å². The van der Waals surface area contributed by atoms with E-state index in [0.717, 1.165) is 12.1 Å². The van der Waals surface area contributed by atoms with Crippen LogP contribution in [-0.2, 0) is 6.18 Å². The second kappa shape index (κ2) is 7.90. The highest BCUT2D eigenvalue weighted by molar-refractivity contribution is 6.08. The smallest absolute Gasteiger partial charge is 0.355 e. The summed E-state index contributed by atoms with van der Waals surface area (Å²) in [5, 5.41) is 5.50. The molecule has 0 radical (unpaired) electrons. The molecule has 0 aliphatic heterocycles. The number of hydrogen-bond donors (Lipinski definition) is 2. The lowest BCUT2D eigenvalue weighted by atomic mass is 10.1. The van der Waals surface area contributed by atoms with Crippen molar-refractivity contribution in [2.45, 2.75) is 20.0 Å². The largest absolute Gasteiger partial charge is 0.416 e. The molecule has 29 heavy (non-hydrogen) atoms. The second-order valence-electron chi connectivity index (χ2n) is 6.43. The molecule has 1 amide bonds. The van der Waals surface area contributed by atoms with Crippen molar-refractivity contribution in [2.75, 3.05) is 10.6 Å². The van der Waals surface area contributed by atoms with Crippen LogP contribution in [0.25, 0.3) is 0 Å². The number of rotatable bonds is 4. The van der Waals surface area contributed by atoms with Crippen LogP contribution >= 0.6 is 0 Å². The molecule has 2 N–H and O–H groups in total. The fourth-order valence-electron chi connectivity index (χ4n) is 2.74. The molecule has 0 aliphatic rings. The minimum atomic E-state index is -4.61. The van der Waals surface area contributed by atoms with Crippen molar-refractivity contribution in [1.82, 2.24) is 4.98 Å². The maximum atomic E-state index is 13.3. The van der Waals surface area contributed by atoms with Crippen LogP contribution in [0.5, 0.6) is 0 Å². The lowest BCUT2D eigenvalue weighted by molar-refractivity contribution is -0.137. The molecule has 0 bridgehead atoms. The fourth-order valence-corrected chi connectivity index (χ4v) is 2.74. The van der Waals surface area contributed by atoms with Gasteiger partial charge in [0.1, 0.15) is 5.82 Å². The van der Waals surface area contributed by atoms with Crippen molar-refractivity contribution in [3.05, 3.63) is 82.9 Å². The van der Waals surface area contributed by atoms with Gasteiger partial charge in [0.25, 0.3) is 5.91 Å². The van der Waals surface area contributed by atoms with Crippen LogP contribution in [0.2, 0.25) is 0 Å². The van der Waals surface area contributed by atoms with Gasteiger partial charge in [0, 0.05) is 11.9 Å². The first-order valence-corrected chi connectivity index (χ1v) is 8.62.